The fraction of sp³-hybridized carbons (Fsp3) is 0. The van der Waals surface area contributed by atoms with Gasteiger partial charge in [0.2, 0.25) is 0 Å². The highest BCUT2D eigenvalue weighted by atomic mass is 15.1. The van der Waals surface area contributed by atoms with Gasteiger partial charge in [-0.15, -0.1) is 0 Å². The van der Waals surface area contributed by atoms with Crippen LogP contribution in [0.2, 0.25) is 0 Å². The maximum absolute atomic E-state index is 4.74. The van der Waals surface area contributed by atoms with E-state index in [4.69, 9.17) is 4.98 Å². The average molecular weight is 742 g/mol. The Kier molecular flexibility index (Phi) is 7.16. The number of nitrogens with zero attached hydrogens (tertiary/aromatic N) is 5. The van der Waals surface area contributed by atoms with Crippen LogP contribution in [0, 0.1) is 0 Å². The van der Waals surface area contributed by atoms with E-state index in [-0.39, 0.29) is 0 Å². The Balaban J connectivity index is 1.05. The van der Waals surface area contributed by atoms with Crippen molar-refractivity contribution in [3.63, 3.8) is 0 Å². The van der Waals surface area contributed by atoms with E-state index in [2.05, 4.69) is 213 Å². The normalized spacial score (nSPS) is 11.8. The molecule has 0 atom stereocenters. The van der Waals surface area contributed by atoms with E-state index < -0.39 is 0 Å². The lowest BCUT2D eigenvalue weighted by Crippen LogP contribution is -2.09. The molecule has 0 fully saturated rings. The molecule has 0 radical (unpaired) electrons. The summed E-state index contributed by atoms with van der Waals surface area (Å²) < 4.78 is 7.06. The van der Waals surface area contributed by atoms with Crippen molar-refractivity contribution in [3.05, 3.63) is 212 Å². The van der Waals surface area contributed by atoms with Crippen LogP contribution in [0.1, 0.15) is 0 Å². The summed E-state index contributed by atoms with van der Waals surface area (Å²) in [7, 11) is 0. The van der Waals surface area contributed by atoms with Crippen molar-refractivity contribution in [2.24, 2.45) is 0 Å². The molecule has 0 amide bonds. The van der Waals surface area contributed by atoms with Crippen molar-refractivity contribution in [2.45, 2.75) is 0 Å². The topological polar surface area (TPSA) is 30.9 Å². The summed E-state index contributed by atoms with van der Waals surface area (Å²) in [4.78, 5) is 7.12. The second kappa shape index (κ2) is 12.8. The fourth-order valence-corrected chi connectivity index (χ4v) is 9.19. The fourth-order valence-electron chi connectivity index (χ4n) is 9.19. The zero-order chi connectivity index (χ0) is 38.2. The molecule has 0 unspecified atom stereocenters. The van der Waals surface area contributed by atoms with Crippen molar-refractivity contribution in [1.29, 1.82) is 0 Å². The second-order valence-corrected chi connectivity index (χ2v) is 14.9. The number of hydrogen-bond acceptors (Lipinski definition) is 2. The van der Waals surface area contributed by atoms with Gasteiger partial charge >= 0.3 is 0 Å². The summed E-state index contributed by atoms with van der Waals surface area (Å²) in [6.45, 7) is 0. The molecular formula is C53H35N5. The number of anilines is 3. The highest BCUT2D eigenvalue weighted by molar-refractivity contribution is 6.14. The van der Waals surface area contributed by atoms with Gasteiger partial charge in [0, 0.05) is 67.0 Å². The number of fused-ring (bicyclic) bond motifs is 9. The third kappa shape index (κ3) is 4.87. The number of aromatic nitrogens is 4. The van der Waals surface area contributed by atoms with Crippen LogP contribution >= 0.6 is 0 Å². The van der Waals surface area contributed by atoms with Crippen molar-refractivity contribution >= 4 is 82.5 Å². The largest absolute Gasteiger partial charge is 0.310 e. The molecule has 0 aliphatic rings. The van der Waals surface area contributed by atoms with Crippen LogP contribution in [-0.4, -0.2) is 18.7 Å². The maximum Gasteiger partial charge on any atom is 0.137 e. The first-order valence-corrected chi connectivity index (χ1v) is 19.7. The van der Waals surface area contributed by atoms with E-state index in [9.17, 15) is 0 Å². The van der Waals surface area contributed by atoms with Crippen LogP contribution in [0.4, 0.5) is 17.1 Å². The molecule has 0 saturated carbocycles. The van der Waals surface area contributed by atoms with Gasteiger partial charge in [0.05, 0.1) is 33.1 Å². The van der Waals surface area contributed by atoms with Crippen LogP contribution < -0.4 is 4.90 Å². The number of hydrogen-bond donors (Lipinski definition) is 0. The Morgan fingerprint density at radius 2 is 0.741 bits per heavy atom. The lowest BCUT2D eigenvalue weighted by atomic mass is 10.1. The van der Waals surface area contributed by atoms with Gasteiger partial charge in [-0.2, -0.15) is 0 Å². The smallest absolute Gasteiger partial charge is 0.137 e. The summed E-state index contributed by atoms with van der Waals surface area (Å²) in [5.41, 5.74) is 12.6. The molecule has 0 bridgehead atoms. The first-order chi connectivity index (χ1) is 28.8. The predicted molar refractivity (Wildman–Crippen MR) is 242 cm³/mol. The number of rotatable bonds is 6. The monoisotopic (exact) mass is 741 g/mol. The van der Waals surface area contributed by atoms with Gasteiger partial charge in [-0.05, 0) is 109 Å². The molecule has 0 spiro atoms. The summed E-state index contributed by atoms with van der Waals surface area (Å²) in [6, 6.07) is 74.2. The molecule has 272 valence electrons. The van der Waals surface area contributed by atoms with Crippen molar-refractivity contribution < 1.29 is 0 Å². The minimum absolute atomic E-state index is 0.907. The van der Waals surface area contributed by atoms with E-state index >= 15 is 0 Å². The first kappa shape index (κ1) is 32.4. The minimum atomic E-state index is 0.907. The van der Waals surface area contributed by atoms with Gasteiger partial charge in [0.1, 0.15) is 5.82 Å². The van der Waals surface area contributed by atoms with Gasteiger partial charge < -0.3 is 14.0 Å². The van der Waals surface area contributed by atoms with E-state index in [0.717, 1.165) is 50.8 Å². The Labute approximate surface area is 334 Å². The molecule has 0 N–H and O–H groups in total. The Hall–Kier alpha value is -7.89. The van der Waals surface area contributed by atoms with Gasteiger partial charge in [0.25, 0.3) is 0 Å². The first-order valence-electron chi connectivity index (χ1n) is 19.7. The van der Waals surface area contributed by atoms with Crippen LogP contribution in [0.15, 0.2) is 212 Å². The molecule has 12 rings (SSSR count). The Morgan fingerprint density at radius 1 is 0.293 bits per heavy atom. The molecule has 5 nitrogen and oxygen atoms in total. The molecule has 0 aliphatic heterocycles. The highest BCUT2D eigenvalue weighted by Crippen LogP contribution is 2.43. The van der Waals surface area contributed by atoms with Gasteiger partial charge in [-0.1, -0.05) is 97.1 Å². The van der Waals surface area contributed by atoms with Crippen molar-refractivity contribution in [3.8, 4) is 17.2 Å². The van der Waals surface area contributed by atoms with Crippen LogP contribution in [0.5, 0.6) is 0 Å². The highest BCUT2D eigenvalue weighted by Gasteiger charge is 2.21. The maximum atomic E-state index is 4.74. The zero-order valence-electron chi connectivity index (χ0n) is 31.4. The molecule has 58 heavy (non-hydrogen) atoms. The van der Waals surface area contributed by atoms with E-state index in [1.165, 1.54) is 48.9 Å². The summed E-state index contributed by atoms with van der Waals surface area (Å²) in [6.07, 6.45) is 1.86. The summed E-state index contributed by atoms with van der Waals surface area (Å²) in [5.74, 6) is 0.907. The average Bonchev–Trinajstić information content (AvgIpc) is 3.93. The van der Waals surface area contributed by atoms with Crippen LogP contribution in [0.25, 0.3) is 82.6 Å². The zero-order valence-corrected chi connectivity index (χ0v) is 31.4. The second-order valence-electron chi connectivity index (χ2n) is 14.9. The Morgan fingerprint density at radius 3 is 1.33 bits per heavy atom. The molecular weight excluding hydrogens is 707 g/mol. The quantitative estimate of drug-likeness (QED) is 0.170. The van der Waals surface area contributed by atoms with E-state index in [1.807, 2.05) is 18.3 Å². The third-order valence-electron chi connectivity index (χ3n) is 11.7. The molecule has 4 heterocycles. The van der Waals surface area contributed by atoms with Gasteiger partial charge in [-0.25, -0.2) is 4.98 Å². The number of benzene rings is 8. The molecule has 0 saturated heterocycles. The SMILES string of the molecule is c1ccc(N(c2ccc3c(c2)c2ccccc2n3-c2ccc3c(c2)c2ccccc2n3-c2ccccc2)c2ccc3c(c2)c2ccccc2n3-c2ccccn2)cc1. The van der Waals surface area contributed by atoms with Crippen molar-refractivity contribution in [2.75, 3.05) is 4.90 Å². The van der Waals surface area contributed by atoms with Crippen molar-refractivity contribution in [1.82, 2.24) is 18.7 Å². The predicted octanol–water partition coefficient (Wildman–Crippen LogP) is 13.8. The van der Waals surface area contributed by atoms with Crippen LogP contribution in [-0.2, 0) is 0 Å². The standard InChI is InChI=1S/C53H35N5/c1-3-15-36(16-4-1)55(39-27-31-52-46(34-39)43-21-9-12-24-49(43)58(52)53-25-13-14-32-54-53)38-26-29-51-44(33-38)42-20-8-11-23-48(42)57(51)40-28-30-50-45(35-40)41-19-7-10-22-47(41)56(50)37-17-5-2-6-18-37/h1-35H. The molecule has 12 aromatic rings. The molecule has 5 heteroatoms. The lowest BCUT2D eigenvalue weighted by molar-refractivity contribution is 1.08. The lowest BCUT2D eigenvalue weighted by Gasteiger charge is -2.26. The third-order valence-corrected chi connectivity index (χ3v) is 11.7. The number of pyridine rings is 1. The van der Waals surface area contributed by atoms with Crippen LogP contribution in [0.3, 0.4) is 0 Å². The Bertz CT molecular complexity index is 3500. The minimum Gasteiger partial charge on any atom is -0.310 e. The summed E-state index contributed by atoms with van der Waals surface area (Å²) >= 11 is 0. The van der Waals surface area contributed by atoms with Gasteiger partial charge in [-0.3, -0.25) is 4.57 Å². The summed E-state index contributed by atoms with van der Waals surface area (Å²) in [5, 5.41) is 7.27. The molecule has 0 aliphatic carbocycles. The molecule has 8 aromatic carbocycles. The van der Waals surface area contributed by atoms with Gasteiger partial charge in [0.15, 0.2) is 0 Å². The number of para-hydroxylation sites is 5. The van der Waals surface area contributed by atoms with E-state index in [1.54, 1.807) is 0 Å². The molecule has 4 aromatic heterocycles. The van der Waals surface area contributed by atoms with E-state index in [0.29, 0.717) is 0 Å².